The third-order valence-electron chi connectivity index (χ3n) is 4.45. The van der Waals surface area contributed by atoms with Gasteiger partial charge in [0.25, 0.3) is 0 Å². The second-order valence-electron chi connectivity index (χ2n) is 7.51. The van der Waals surface area contributed by atoms with Gasteiger partial charge in [0, 0.05) is 25.1 Å². The number of methoxy groups -OCH3 is 1. The quantitative estimate of drug-likeness (QED) is 0.471. The number of amides is 1. The summed E-state index contributed by atoms with van der Waals surface area (Å²) in [5.41, 5.74) is 1.88. The fourth-order valence-corrected chi connectivity index (χ4v) is 4.52. The fraction of sp³-hybridized carbons (Fsp3) is 0.391. The summed E-state index contributed by atoms with van der Waals surface area (Å²) >= 11 is 0. The smallest absolute Gasteiger partial charge is 0.220 e. The van der Waals surface area contributed by atoms with Crippen LogP contribution in [0.4, 0.5) is 0 Å². The summed E-state index contributed by atoms with van der Waals surface area (Å²) in [5, 5.41) is 11.8. The molecule has 0 aliphatic carbocycles. The number of carbonyl (C=O) groups is 1. The first-order chi connectivity index (χ1) is 15.2. The van der Waals surface area contributed by atoms with Gasteiger partial charge in [0.2, 0.25) is 15.9 Å². The molecule has 0 aliphatic heterocycles. The summed E-state index contributed by atoms with van der Waals surface area (Å²) in [6.45, 7) is 4.09. The van der Waals surface area contributed by atoms with E-state index in [1.54, 1.807) is 50.2 Å². The zero-order valence-corrected chi connectivity index (χ0v) is 19.4. The second kappa shape index (κ2) is 12.1. The Kier molecular flexibility index (Phi) is 9.50. The Labute approximate surface area is 189 Å². The Balaban J connectivity index is 1.82. The van der Waals surface area contributed by atoms with Crippen LogP contribution in [0.5, 0.6) is 11.5 Å². The summed E-state index contributed by atoms with van der Waals surface area (Å²) in [6.07, 6.45) is 0.747. The molecule has 172 valence electrons. The van der Waals surface area contributed by atoms with Crippen molar-refractivity contribution in [3.63, 3.8) is 0 Å². The van der Waals surface area contributed by atoms with Gasteiger partial charge in [0.1, 0.15) is 0 Å². The van der Waals surface area contributed by atoms with Crippen LogP contribution in [0, 0.1) is 11.3 Å². The molecule has 0 bridgehead atoms. The van der Waals surface area contributed by atoms with E-state index < -0.39 is 10.0 Å². The lowest BCUT2D eigenvalue weighted by Gasteiger charge is -2.13. The van der Waals surface area contributed by atoms with Crippen LogP contribution in [0.15, 0.2) is 42.5 Å². The molecule has 2 aromatic carbocycles. The summed E-state index contributed by atoms with van der Waals surface area (Å²) in [6, 6.07) is 13.9. The molecule has 2 N–H and O–H groups in total. The van der Waals surface area contributed by atoms with E-state index in [1.807, 2.05) is 12.1 Å². The zero-order chi connectivity index (χ0) is 23.6. The third-order valence-corrected chi connectivity index (χ3v) is 5.98. The number of rotatable bonds is 12. The first-order valence-corrected chi connectivity index (χ1v) is 11.9. The van der Waals surface area contributed by atoms with Gasteiger partial charge in [-0.15, -0.1) is 0 Å². The fourth-order valence-electron chi connectivity index (χ4n) is 3.03. The van der Waals surface area contributed by atoms with Crippen LogP contribution in [-0.2, 0) is 27.1 Å². The molecule has 0 radical (unpaired) electrons. The normalized spacial score (nSPS) is 11.1. The number of benzene rings is 2. The molecule has 0 fully saturated rings. The molecule has 0 heterocycles. The lowest BCUT2D eigenvalue weighted by molar-refractivity contribution is -0.121. The molecule has 9 heteroatoms. The van der Waals surface area contributed by atoms with Gasteiger partial charge in [0.05, 0.1) is 31.1 Å². The minimum absolute atomic E-state index is 0.141. The second-order valence-corrected chi connectivity index (χ2v) is 9.26. The molecule has 8 nitrogen and oxygen atoms in total. The molecule has 0 unspecified atom stereocenters. The molecule has 0 saturated heterocycles. The Morgan fingerprint density at radius 3 is 2.50 bits per heavy atom. The maximum Gasteiger partial charge on any atom is 0.220 e. The van der Waals surface area contributed by atoms with Crippen LogP contribution in [0.3, 0.4) is 0 Å². The van der Waals surface area contributed by atoms with Gasteiger partial charge in [0.15, 0.2) is 11.5 Å². The number of nitrogens with zero attached hydrogens (tertiary/aromatic N) is 1. The number of carbonyl (C=O) groups excluding carboxylic acids is 1. The molecule has 2 aromatic rings. The van der Waals surface area contributed by atoms with E-state index in [2.05, 4.69) is 10.0 Å². The van der Waals surface area contributed by atoms with Crippen molar-refractivity contribution in [1.82, 2.24) is 10.0 Å². The first-order valence-electron chi connectivity index (χ1n) is 10.3. The Morgan fingerprint density at radius 1 is 1.12 bits per heavy atom. The molecule has 0 atom stereocenters. The van der Waals surface area contributed by atoms with Crippen LogP contribution >= 0.6 is 0 Å². The van der Waals surface area contributed by atoms with Gasteiger partial charge in [-0.3, -0.25) is 4.79 Å². The first kappa shape index (κ1) is 25.2. The van der Waals surface area contributed by atoms with Gasteiger partial charge >= 0.3 is 0 Å². The van der Waals surface area contributed by atoms with Crippen LogP contribution < -0.4 is 19.5 Å². The van der Waals surface area contributed by atoms with E-state index in [9.17, 15) is 13.2 Å². The summed E-state index contributed by atoms with van der Waals surface area (Å²) in [4.78, 5) is 12.2. The molecule has 0 spiro atoms. The minimum atomic E-state index is -3.46. The van der Waals surface area contributed by atoms with E-state index in [0.29, 0.717) is 35.7 Å². The molecule has 0 aliphatic rings. The van der Waals surface area contributed by atoms with Crippen molar-refractivity contribution in [2.24, 2.45) is 0 Å². The Bertz CT molecular complexity index is 1060. The van der Waals surface area contributed by atoms with E-state index in [4.69, 9.17) is 14.7 Å². The van der Waals surface area contributed by atoms with Crippen molar-refractivity contribution < 1.29 is 22.7 Å². The topological polar surface area (TPSA) is 118 Å². The standard InChI is InChI=1S/C23H29N3O5S/c1-17(2)26-32(28,29)16-20-8-5-4-7-19(20)15-25-23(27)9-6-12-31-21-11-10-18(14-24)13-22(21)30-3/h4-5,7-8,10-11,13,17,26H,6,9,12,15-16H2,1-3H3,(H,25,27). The maximum atomic E-state index is 12.2. The highest BCUT2D eigenvalue weighted by atomic mass is 32.2. The van der Waals surface area contributed by atoms with E-state index >= 15 is 0 Å². The molecule has 1 amide bonds. The predicted octanol–water partition coefficient (Wildman–Crippen LogP) is 2.87. The molecule has 0 aromatic heterocycles. The zero-order valence-electron chi connectivity index (χ0n) is 18.6. The van der Waals surface area contributed by atoms with Crippen molar-refractivity contribution in [3.05, 3.63) is 59.2 Å². The summed E-state index contributed by atoms with van der Waals surface area (Å²) < 4.78 is 37.9. The maximum absolute atomic E-state index is 12.2. The lowest BCUT2D eigenvalue weighted by Crippen LogP contribution is -2.32. The molecular formula is C23H29N3O5S. The number of sulfonamides is 1. The molecule has 32 heavy (non-hydrogen) atoms. The highest BCUT2D eigenvalue weighted by molar-refractivity contribution is 7.88. The summed E-state index contributed by atoms with van der Waals surface area (Å²) in [5.74, 6) is 0.680. The Hall–Kier alpha value is -3.09. The minimum Gasteiger partial charge on any atom is -0.493 e. The molecule has 2 rings (SSSR count). The Morgan fingerprint density at radius 2 is 1.84 bits per heavy atom. The van der Waals surface area contributed by atoms with Gasteiger partial charge in [-0.05, 0) is 43.5 Å². The average Bonchev–Trinajstić information content (AvgIpc) is 2.74. The van der Waals surface area contributed by atoms with Crippen molar-refractivity contribution in [3.8, 4) is 17.6 Å². The van der Waals surface area contributed by atoms with E-state index in [1.165, 1.54) is 7.11 Å². The van der Waals surface area contributed by atoms with Gasteiger partial charge in [-0.1, -0.05) is 24.3 Å². The van der Waals surface area contributed by atoms with Crippen molar-refractivity contribution in [2.45, 2.75) is 45.0 Å². The number of hydrogen-bond donors (Lipinski definition) is 2. The SMILES string of the molecule is COc1cc(C#N)ccc1OCCCC(=O)NCc1ccccc1CS(=O)(=O)NC(C)C. The van der Waals surface area contributed by atoms with Gasteiger partial charge in [-0.25, -0.2) is 13.1 Å². The van der Waals surface area contributed by atoms with Crippen LogP contribution in [0.25, 0.3) is 0 Å². The third kappa shape index (κ3) is 8.21. The van der Waals surface area contributed by atoms with Gasteiger partial charge < -0.3 is 14.8 Å². The summed E-state index contributed by atoms with van der Waals surface area (Å²) in [7, 11) is -1.96. The van der Waals surface area contributed by atoms with Crippen molar-refractivity contribution in [1.29, 1.82) is 5.26 Å². The lowest BCUT2D eigenvalue weighted by atomic mass is 10.1. The van der Waals surface area contributed by atoms with E-state index in [0.717, 1.165) is 5.56 Å². The highest BCUT2D eigenvalue weighted by Crippen LogP contribution is 2.27. The average molecular weight is 460 g/mol. The number of hydrogen-bond acceptors (Lipinski definition) is 6. The van der Waals surface area contributed by atoms with Gasteiger partial charge in [-0.2, -0.15) is 5.26 Å². The number of nitrogens with one attached hydrogen (secondary N) is 2. The van der Waals surface area contributed by atoms with Crippen LogP contribution in [-0.4, -0.2) is 34.1 Å². The predicted molar refractivity (Wildman–Crippen MR) is 122 cm³/mol. The van der Waals surface area contributed by atoms with E-state index in [-0.39, 0.29) is 30.7 Å². The number of ether oxygens (including phenoxy) is 2. The van der Waals surface area contributed by atoms with Crippen LogP contribution in [0.2, 0.25) is 0 Å². The highest BCUT2D eigenvalue weighted by Gasteiger charge is 2.15. The largest absolute Gasteiger partial charge is 0.493 e. The van der Waals surface area contributed by atoms with Crippen molar-refractivity contribution in [2.75, 3.05) is 13.7 Å². The monoisotopic (exact) mass is 459 g/mol. The van der Waals surface area contributed by atoms with Crippen LogP contribution in [0.1, 0.15) is 43.4 Å². The molecular weight excluding hydrogens is 430 g/mol. The molecule has 0 saturated carbocycles. The van der Waals surface area contributed by atoms with Crippen molar-refractivity contribution >= 4 is 15.9 Å². The number of nitriles is 1.